The van der Waals surface area contributed by atoms with Crippen molar-refractivity contribution in [1.82, 2.24) is 4.98 Å². The van der Waals surface area contributed by atoms with E-state index >= 15 is 0 Å². The Bertz CT molecular complexity index is 1640. The van der Waals surface area contributed by atoms with Gasteiger partial charge >= 0.3 is 0 Å². The van der Waals surface area contributed by atoms with Gasteiger partial charge in [-0.1, -0.05) is 66.2 Å². The maximum atomic E-state index is 13.4. The number of carbonyl (C=O) groups excluding carboxylic acids is 1. The molecule has 0 saturated carbocycles. The summed E-state index contributed by atoms with van der Waals surface area (Å²) in [5.74, 6) is -0.219. The van der Waals surface area contributed by atoms with Crippen LogP contribution >= 0.6 is 46.0 Å². The Labute approximate surface area is 237 Å². The van der Waals surface area contributed by atoms with E-state index in [4.69, 9.17) is 11.6 Å². The monoisotopic (exact) mass is 597 g/mol. The number of amides is 1. The van der Waals surface area contributed by atoms with Crippen LogP contribution in [0.25, 0.3) is 11.3 Å². The Kier molecular flexibility index (Phi) is 8.15. The fourth-order valence-corrected chi connectivity index (χ4v) is 7.58. The molecule has 1 unspecified atom stereocenters. The zero-order valence-electron chi connectivity index (χ0n) is 19.6. The molecule has 0 aliphatic carbocycles. The van der Waals surface area contributed by atoms with E-state index in [0.29, 0.717) is 21.5 Å². The molecule has 2 heterocycles. The number of benzene rings is 3. The number of sulfonamides is 1. The van der Waals surface area contributed by atoms with Gasteiger partial charge in [-0.2, -0.15) is 0 Å². The molecule has 0 saturated heterocycles. The SMILES string of the molecule is O=C(Nc1nc(-c2ccccc2Cl)cs1)C(Sc1ccc(NS(=O)(=O)c2cccs2)cc1)c1ccccc1. The van der Waals surface area contributed by atoms with E-state index in [9.17, 15) is 13.2 Å². The van der Waals surface area contributed by atoms with Crippen LogP contribution in [0.4, 0.5) is 10.8 Å². The summed E-state index contributed by atoms with van der Waals surface area (Å²) in [6.45, 7) is 0. The van der Waals surface area contributed by atoms with Crippen LogP contribution in [0.3, 0.4) is 0 Å². The first-order chi connectivity index (χ1) is 18.4. The molecule has 0 fully saturated rings. The van der Waals surface area contributed by atoms with Crippen LogP contribution in [0.1, 0.15) is 10.8 Å². The van der Waals surface area contributed by atoms with Gasteiger partial charge in [0.1, 0.15) is 9.46 Å². The molecule has 0 aliphatic heterocycles. The summed E-state index contributed by atoms with van der Waals surface area (Å²) in [6, 6.07) is 27.1. The highest BCUT2D eigenvalue weighted by molar-refractivity contribution is 8.00. The van der Waals surface area contributed by atoms with E-state index in [1.807, 2.05) is 53.9 Å². The molecule has 0 aliphatic rings. The van der Waals surface area contributed by atoms with Gasteiger partial charge in [0.25, 0.3) is 10.0 Å². The first-order valence-corrected chi connectivity index (χ1v) is 15.8. The molecule has 2 aromatic heterocycles. The molecule has 3 aromatic carbocycles. The lowest BCUT2D eigenvalue weighted by Gasteiger charge is -2.16. The number of thioether (sulfide) groups is 1. The molecule has 0 radical (unpaired) electrons. The molecule has 5 rings (SSSR count). The van der Waals surface area contributed by atoms with Crippen LogP contribution < -0.4 is 10.0 Å². The van der Waals surface area contributed by atoms with Crippen molar-refractivity contribution in [3.63, 3.8) is 0 Å². The number of hydrogen-bond acceptors (Lipinski definition) is 7. The van der Waals surface area contributed by atoms with Gasteiger partial charge in [0, 0.05) is 26.5 Å². The van der Waals surface area contributed by atoms with Crippen molar-refractivity contribution in [2.45, 2.75) is 14.4 Å². The van der Waals surface area contributed by atoms with Gasteiger partial charge in [-0.25, -0.2) is 13.4 Å². The van der Waals surface area contributed by atoms with Gasteiger partial charge < -0.3 is 5.32 Å². The number of thiophene rings is 1. The third kappa shape index (κ3) is 6.28. The van der Waals surface area contributed by atoms with Gasteiger partial charge in [-0.15, -0.1) is 34.4 Å². The Balaban J connectivity index is 1.33. The topological polar surface area (TPSA) is 88.2 Å². The highest BCUT2D eigenvalue weighted by atomic mass is 35.5. The lowest BCUT2D eigenvalue weighted by Crippen LogP contribution is -2.19. The molecule has 0 spiro atoms. The maximum Gasteiger partial charge on any atom is 0.271 e. The Morgan fingerprint density at radius 1 is 0.895 bits per heavy atom. The number of halogens is 1. The number of hydrogen-bond donors (Lipinski definition) is 2. The van der Waals surface area contributed by atoms with Crippen LogP contribution in [0.2, 0.25) is 5.02 Å². The standard InChI is InChI=1S/C27H20ClN3O3S4/c28-22-10-5-4-9-21(22)23-17-36-27(29-23)30-26(32)25(18-7-2-1-3-8-18)37-20-14-12-19(13-15-20)31-38(33,34)24-11-6-16-35-24/h1-17,25,31H,(H,29,30,32). The fraction of sp³-hybridized carbons (Fsp3) is 0.0370. The minimum atomic E-state index is -3.63. The van der Waals surface area contributed by atoms with Crippen molar-refractivity contribution in [1.29, 1.82) is 0 Å². The van der Waals surface area contributed by atoms with E-state index < -0.39 is 15.3 Å². The largest absolute Gasteiger partial charge is 0.301 e. The molecule has 6 nitrogen and oxygen atoms in total. The normalized spacial score (nSPS) is 12.1. The minimum Gasteiger partial charge on any atom is -0.301 e. The van der Waals surface area contributed by atoms with E-state index in [-0.39, 0.29) is 10.1 Å². The number of carbonyl (C=O) groups is 1. The number of anilines is 2. The molecule has 192 valence electrons. The predicted octanol–water partition coefficient (Wildman–Crippen LogP) is 7.80. The number of aromatic nitrogens is 1. The fourth-order valence-electron chi connectivity index (χ4n) is 3.55. The van der Waals surface area contributed by atoms with Crippen molar-refractivity contribution in [3.8, 4) is 11.3 Å². The van der Waals surface area contributed by atoms with Crippen LogP contribution in [-0.2, 0) is 14.8 Å². The lowest BCUT2D eigenvalue weighted by atomic mass is 10.1. The summed E-state index contributed by atoms with van der Waals surface area (Å²) in [7, 11) is -3.63. The molecule has 2 N–H and O–H groups in total. The van der Waals surface area contributed by atoms with Gasteiger partial charge in [-0.3, -0.25) is 9.52 Å². The van der Waals surface area contributed by atoms with Crippen molar-refractivity contribution < 1.29 is 13.2 Å². The second-order valence-corrected chi connectivity index (χ2v) is 13.3. The molecule has 38 heavy (non-hydrogen) atoms. The third-order valence-corrected chi connectivity index (χ3v) is 10.5. The van der Waals surface area contributed by atoms with Crippen molar-refractivity contribution in [2.75, 3.05) is 10.0 Å². The van der Waals surface area contributed by atoms with Crippen LogP contribution in [0, 0.1) is 0 Å². The number of nitrogens with one attached hydrogen (secondary N) is 2. The summed E-state index contributed by atoms with van der Waals surface area (Å²) in [5.41, 5.74) is 2.77. The quantitative estimate of drug-likeness (QED) is 0.169. The van der Waals surface area contributed by atoms with Gasteiger partial charge in [0.05, 0.1) is 5.69 Å². The van der Waals surface area contributed by atoms with Crippen LogP contribution in [0.5, 0.6) is 0 Å². The molecule has 1 amide bonds. The molecule has 11 heteroatoms. The molecule has 5 aromatic rings. The smallest absolute Gasteiger partial charge is 0.271 e. The summed E-state index contributed by atoms with van der Waals surface area (Å²) in [5, 5.41) is 7.03. The molecular weight excluding hydrogens is 578 g/mol. The van der Waals surface area contributed by atoms with Crippen molar-refractivity contribution in [3.05, 3.63) is 112 Å². The lowest BCUT2D eigenvalue weighted by molar-refractivity contribution is -0.115. The van der Waals surface area contributed by atoms with Crippen molar-refractivity contribution >= 4 is 72.8 Å². The van der Waals surface area contributed by atoms with E-state index in [1.165, 1.54) is 23.1 Å². The summed E-state index contributed by atoms with van der Waals surface area (Å²) in [4.78, 5) is 18.8. The predicted molar refractivity (Wildman–Crippen MR) is 158 cm³/mol. The summed E-state index contributed by atoms with van der Waals surface area (Å²) < 4.78 is 27.9. The summed E-state index contributed by atoms with van der Waals surface area (Å²) >= 11 is 10.2. The average Bonchev–Trinajstić information content (AvgIpc) is 3.62. The first kappa shape index (κ1) is 26.5. The zero-order valence-corrected chi connectivity index (χ0v) is 23.6. The first-order valence-electron chi connectivity index (χ1n) is 11.3. The van der Waals surface area contributed by atoms with Crippen LogP contribution in [-0.4, -0.2) is 19.3 Å². The molecule has 1 atom stereocenters. The second kappa shape index (κ2) is 11.7. The number of nitrogens with zero attached hydrogens (tertiary/aromatic N) is 1. The highest BCUT2D eigenvalue weighted by Crippen LogP contribution is 2.38. The van der Waals surface area contributed by atoms with E-state index in [1.54, 1.807) is 47.8 Å². The average molecular weight is 598 g/mol. The Morgan fingerprint density at radius 3 is 2.34 bits per heavy atom. The zero-order chi connectivity index (χ0) is 26.5. The Morgan fingerprint density at radius 2 is 1.63 bits per heavy atom. The third-order valence-electron chi connectivity index (χ3n) is 5.34. The Hall–Kier alpha value is -3.15. The maximum absolute atomic E-state index is 13.4. The molecule has 0 bridgehead atoms. The summed E-state index contributed by atoms with van der Waals surface area (Å²) in [6.07, 6.45) is 0. The number of thiazole rings is 1. The van der Waals surface area contributed by atoms with Crippen molar-refractivity contribution in [2.24, 2.45) is 0 Å². The van der Waals surface area contributed by atoms with E-state index in [0.717, 1.165) is 27.4 Å². The van der Waals surface area contributed by atoms with E-state index in [2.05, 4.69) is 15.0 Å². The number of rotatable bonds is 9. The van der Waals surface area contributed by atoms with Gasteiger partial charge in [-0.05, 0) is 47.3 Å². The van der Waals surface area contributed by atoms with Gasteiger partial charge in [0.2, 0.25) is 5.91 Å². The minimum absolute atomic E-state index is 0.219. The van der Waals surface area contributed by atoms with Crippen LogP contribution in [0.15, 0.2) is 111 Å². The highest BCUT2D eigenvalue weighted by Gasteiger charge is 2.24. The second-order valence-electron chi connectivity index (χ2n) is 7.98. The van der Waals surface area contributed by atoms with Gasteiger partial charge in [0.15, 0.2) is 5.13 Å². The molecular formula is C27H20ClN3O3S4.